The lowest BCUT2D eigenvalue weighted by molar-refractivity contribution is 0.964. The van der Waals surface area contributed by atoms with Crippen LogP contribution in [0.1, 0.15) is 6.92 Å². The van der Waals surface area contributed by atoms with Crippen LogP contribution in [0.2, 0.25) is 0 Å². The van der Waals surface area contributed by atoms with Crippen molar-refractivity contribution in [2.24, 2.45) is 10.7 Å². The molecule has 3 heteroatoms. The summed E-state index contributed by atoms with van der Waals surface area (Å²) < 4.78 is 0. The van der Waals surface area contributed by atoms with Crippen molar-refractivity contribution in [3.63, 3.8) is 0 Å². The minimum Gasteiger partial charge on any atom is -0.387 e. The van der Waals surface area contributed by atoms with Gasteiger partial charge in [0.15, 0.2) is 0 Å². The molecule has 1 rings (SSSR count). The highest BCUT2D eigenvalue weighted by atomic mass is 14.9. The highest BCUT2D eigenvalue weighted by Crippen LogP contribution is 1.99. The lowest BCUT2D eigenvalue weighted by Gasteiger charge is -2.06. The fraction of sp³-hybridized carbons (Fsp3) is 0.375. The molecule has 3 nitrogen and oxygen atoms in total. The van der Waals surface area contributed by atoms with Crippen LogP contribution in [0.15, 0.2) is 28.9 Å². The molecule has 0 amide bonds. The van der Waals surface area contributed by atoms with Gasteiger partial charge in [0.25, 0.3) is 0 Å². The third-order valence-electron chi connectivity index (χ3n) is 1.44. The third kappa shape index (κ3) is 2.11. The summed E-state index contributed by atoms with van der Waals surface area (Å²) in [6.07, 6.45) is 5.83. The summed E-state index contributed by atoms with van der Waals surface area (Å²) in [4.78, 5) is 4.10. The molecule has 1 aliphatic heterocycles. The Morgan fingerprint density at radius 2 is 2.64 bits per heavy atom. The first-order valence-electron chi connectivity index (χ1n) is 3.75. The molecule has 0 atom stereocenters. The van der Waals surface area contributed by atoms with Gasteiger partial charge in [-0.25, -0.2) is 0 Å². The zero-order valence-electron chi connectivity index (χ0n) is 6.67. The second-order valence-corrected chi connectivity index (χ2v) is 2.26. The van der Waals surface area contributed by atoms with Crippen molar-refractivity contribution in [3.05, 3.63) is 23.9 Å². The summed E-state index contributed by atoms with van der Waals surface area (Å²) in [6, 6.07) is 0. The molecular weight excluding hydrogens is 138 g/mol. The lowest BCUT2D eigenvalue weighted by atomic mass is 10.2. The van der Waals surface area contributed by atoms with Crippen LogP contribution >= 0.6 is 0 Å². The van der Waals surface area contributed by atoms with E-state index >= 15 is 0 Å². The standard InChI is InChI=1S/C8H13N3/c1-2-11-8(9)7-3-5-10-6-4-7/h3-5,10H,2,6H2,1H3,(H2,9,11). The first-order valence-corrected chi connectivity index (χ1v) is 3.75. The molecule has 1 aliphatic rings. The Labute approximate surface area is 66.7 Å². The number of hydrogen-bond donors (Lipinski definition) is 2. The number of amidine groups is 1. The lowest BCUT2D eigenvalue weighted by Crippen LogP contribution is -2.19. The number of nitrogens with one attached hydrogen (secondary N) is 1. The molecule has 1 heterocycles. The van der Waals surface area contributed by atoms with E-state index < -0.39 is 0 Å². The predicted molar refractivity (Wildman–Crippen MR) is 47.4 cm³/mol. The van der Waals surface area contributed by atoms with Crippen molar-refractivity contribution >= 4 is 5.84 Å². The van der Waals surface area contributed by atoms with Gasteiger partial charge in [-0.2, -0.15) is 0 Å². The van der Waals surface area contributed by atoms with Crippen LogP contribution in [-0.2, 0) is 0 Å². The number of aliphatic imine (C=N–C) groups is 1. The minimum absolute atomic E-state index is 0.630. The van der Waals surface area contributed by atoms with E-state index in [0.717, 1.165) is 18.7 Å². The largest absolute Gasteiger partial charge is 0.387 e. The van der Waals surface area contributed by atoms with Crippen LogP contribution in [-0.4, -0.2) is 18.9 Å². The maximum atomic E-state index is 5.66. The SMILES string of the molecule is CCN=C(N)C1=CCNC=C1. The van der Waals surface area contributed by atoms with E-state index in [4.69, 9.17) is 5.73 Å². The number of rotatable bonds is 2. The van der Waals surface area contributed by atoms with Gasteiger partial charge < -0.3 is 11.1 Å². The van der Waals surface area contributed by atoms with Gasteiger partial charge in [0.05, 0.1) is 0 Å². The zero-order valence-corrected chi connectivity index (χ0v) is 6.67. The Morgan fingerprint density at radius 3 is 3.18 bits per heavy atom. The zero-order chi connectivity index (χ0) is 8.10. The second-order valence-electron chi connectivity index (χ2n) is 2.26. The quantitative estimate of drug-likeness (QED) is 0.443. The molecule has 0 bridgehead atoms. The van der Waals surface area contributed by atoms with Crippen molar-refractivity contribution in [1.82, 2.24) is 5.32 Å². The topological polar surface area (TPSA) is 50.4 Å². The Balaban J connectivity index is 2.66. The van der Waals surface area contributed by atoms with Crippen molar-refractivity contribution in [2.45, 2.75) is 6.92 Å². The van der Waals surface area contributed by atoms with Crippen molar-refractivity contribution in [2.75, 3.05) is 13.1 Å². The van der Waals surface area contributed by atoms with Crippen LogP contribution in [0.25, 0.3) is 0 Å². The molecule has 0 unspecified atom stereocenters. The number of dihydropyridines is 1. The molecule has 60 valence electrons. The molecule has 0 aromatic rings. The molecule has 0 saturated carbocycles. The smallest absolute Gasteiger partial charge is 0.125 e. The Morgan fingerprint density at radius 1 is 1.82 bits per heavy atom. The molecule has 3 N–H and O–H groups in total. The Bertz CT molecular complexity index is 213. The van der Waals surface area contributed by atoms with Gasteiger partial charge in [0, 0.05) is 18.7 Å². The number of nitrogens with zero attached hydrogens (tertiary/aromatic N) is 1. The van der Waals surface area contributed by atoms with E-state index in [1.807, 2.05) is 25.3 Å². The van der Waals surface area contributed by atoms with E-state index in [1.54, 1.807) is 0 Å². The molecule has 0 radical (unpaired) electrons. The third-order valence-corrected chi connectivity index (χ3v) is 1.44. The van der Waals surface area contributed by atoms with Crippen LogP contribution in [0.5, 0.6) is 0 Å². The first kappa shape index (κ1) is 7.85. The highest BCUT2D eigenvalue weighted by Gasteiger charge is 1.99. The molecule has 0 spiro atoms. The second kappa shape index (κ2) is 3.81. The number of hydrogen-bond acceptors (Lipinski definition) is 2. The fourth-order valence-electron chi connectivity index (χ4n) is 0.905. The molecule has 11 heavy (non-hydrogen) atoms. The van der Waals surface area contributed by atoms with Gasteiger partial charge in [-0.1, -0.05) is 6.08 Å². The van der Waals surface area contributed by atoms with Crippen LogP contribution in [0, 0.1) is 0 Å². The fourth-order valence-corrected chi connectivity index (χ4v) is 0.905. The molecule has 0 fully saturated rings. The van der Waals surface area contributed by atoms with E-state index in [9.17, 15) is 0 Å². The number of nitrogens with two attached hydrogens (primary N) is 1. The first-order chi connectivity index (χ1) is 5.34. The minimum atomic E-state index is 0.630. The Kier molecular flexibility index (Phi) is 2.72. The van der Waals surface area contributed by atoms with Gasteiger partial charge in [-0.05, 0) is 19.2 Å². The summed E-state index contributed by atoms with van der Waals surface area (Å²) >= 11 is 0. The normalized spacial score (nSPS) is 17.5. The summed E-state index contributed by atoms with van der Waals surface area (Å²) in [5, 5.41) is 3.04. The van der Waals surface area contributed by atoms with Crippen LogP contribution in [0.4, 0.5) is 0 Å². The van der Waals surface area contributed by atoms with E-state index in [1.165, 1.54) is 0 Å². The molecule has 0 aromatic heterocycles. The Hall–Kier alpha value is -1.25. The predicted octanol–water partition coefficient (Wildman–Crippen LogP) is 0.407. The van der Waals surface area contributed by atoms with Crippen molar-refractivity contribution < 1.29 is 0 Å². The monoisotopic (exact) mass is 151 g/mol. The van der Waals surface area contributed by atoms with Gasteiger partial charge in [-0.15, -0.1) is 0 Å². The molecule has 0 aromatic carbocycles. The van der Waals surface area contributed by atoms with Crippen LogP contribution < -0.4 is 11.1 Å². The summed E-state index contributed by atoms with van der Waals surface area (Å²) in [5.74, 6) is 0.630. The van der Waals surface area contributed by atoms with E-state index in [-0.39, 0.29) is 0 Å². The maximum Gasteiger partial charge on any atom is 0.125 e. The van der Waals surface area contributed by atoms with Crippen LogP contribution in [0.3, 0.4) is 0 Å². The summed E-state index contributed by atoms with van der Waals surface area (Å²) in [7, 11) is 0. The van der Waals surface area contributed by atoms with Gasteiger partial charge in [0.2, 0.25) is 0 Å². The molecule has 0 aliphatic carbocycles. The van der Waals surface area contributed by atoms with Crippen molar-refractivity contribution in [1.29, 1.82) is 0 Å². The summed E-state index contributed by atoms with van der Waals surface area (Å²) in [6.45, 7) is 3.55. The van der Waals surface area contributed by atoms with E-state index in [2.05, 4.69) is 10.3 Å². The highest BCUT2D eigenvalue weighted by molar-refractivity contribution is 5.99. The summed E-state index contributed by atoms with van der Waals surface area (Å²) in [5.41, 5.74) is 6.68. The molecule has 0 saturated heterocycles. The van der Waals surface area contributed by atoms with E-state index in [0.29, 0.717) is 5.84 Å². The average Bonchev–Trinajstić information content (AvgIpc) is 2.07. The average molecular weight is 151 g/mol. The van der Waals surface area contributed by atoms with Gasteiger partial charge in [-0.3, -0.25) is 4.99 Å². The molecular formula is C8H13N3. The van der Waals surface area contributed by atoms with Gasteiger partial charge in [0.1, 0.15) is 5.84 Å². The maximum absolute atomic E-state index is 5.66. The van der Waals surface area contributed by atoms with Gasteiger partial charge >= 0.3 is 0 Å². The van der Waals surface area contributed by atoms with Crippen molar-refractivity contribution in [3.8, 4) is 0 Å².